The maximum absolute atomic E-state index is 12.8. The molecule has 0 spiro atoms. The third-order valence-corrected chi connectivity index (χ3v) is 7.22. The lowest BCUT2D eigenvalue weighted by molar-refractivity contribution is -0.120. The van der Waals surface area contributed by atoms with Crippen LogP contribution in [0.4, 0.5) is 0 Å². The van der Waals surface area contributed by atoms with Gasteiger partial charge in [0.15, 0.2) is 10.9 Å². The number of carbonyl (C=O) groups is 1. The summed E-state index contributed by atoms with van der Waals surface area (Å²) in [5.41, 5.74) is 1.42. The van der Waals surface area contributed by atoms with Gasteiger partial charge in [-0.05, 0) is 49.7 Å². The van der Waals surface area contributed by atoms with Crippen LogP contribution in [0.5, 0.6) is 5.75 Å². The molecule has 1 saturated heterocycles. The summed E-state index contributed by atoms with van der Waals surface area (Å²) in [5.74, 6) is -0.00788. The van der Waals surface area contributed by atoms with Crippen LogP contribution in [-0.2, 0) is 14.9 Å². The van der Waals surface area contributed by atoms with E-state index in [1.54, 1.807) is 38.1 Å². The fraction of sp³-hybridized carbons (Fsp3) is 0.174. The van der Waals surface area contributed by atoms with Crippen molar-refractivity contribution in [1.82, 2.24) is 5.32 Å². The molecule has 0 unspecified atom stereocenters. The molecule has 9 heteroatoms. The van der Waals surface area contributed by atoms with E-state index in [0.29, 0.717) is 10.7 Å². The summed E-state index contributed by atoms with van der Waals surface area (Å²) < 4.78 is 30.6. The largest absolute Gasteiger partial charge is 0.378 e. The molecule has 0 radical (unpaired) electrons. The molecule has 3 aromatic carbocycles. The molecule has 32 heavy (non-hydrogen) atoms. The molecule has 4 rings (SSSR count). The van der Waals surface area contributed by atoms with Crippen molar-refractivity contribution in [3.8, 4) is 5.75 Å². The van der Waals surface area contributed by atoms with Crippen LogP contribution in [0.15, 0.2) is 75.8 Å². The lowest BCUT2D eigenvalue weighted by atomic mass is 10.0. The summed E-state index contributed by atoms with van der Waals surface area (Å²) in [6.07, 6.45) is 1.44. The average molecular weight is 468 g/mol. The minimum absolute atomic E-state index is 0.0617. The van der Waals surface area contributed by atoms with Crippen LogP contribution < -0.4 is 9.50 Å². The van der Waals surface area contributed by atoms with Crippen LogP contribution in [0.2, 0.25) is 0 Å². The highest BCUT2D eigenvalue weighted by Crippen LogP contribution is 2.31. The highest BCUT2D eigenvalue weighted by molar-refractivity contribution is 8.16. The fourth-order valence-corrected chi connectivity index (χ4v) is 4.90. The molecule has 0 atom stereocenters. The third-order valence-electron chi connectivity index (χ3n) is 4.89. The minimum atomic E-state index is -4.04. The van der Waals surface area contributed by atoms with Gasteiger partial charge in [0.05, 0.1) is 11.0 Å². The highest BCUT2D eigenvalue weighted by Gasteiger charge is 2.38. The molecule has 1 heterocycles. The first kappa shape index (κ1) is 22.0. The Morgan fingerprint density at radius 2 is 1.75 bits per heavy atom. The van der Waals surface area contributed by atoms with Gasteiger partial charge in [0, 0.05) is 5.56 Å². The molecular weight excluding hydrogens is 446 g/mol. The minimum Gasteiger partial charge on any atom is -0.378 e. The average Bonchev–Trinajstić information content (AvgIpc) is 3.01. The Labute approximate surface area is 190 Å². The number of nitrogens with one attached hydrogen (secondary N) is 1. The van der Waals surface area contributed by atoms with Gasteiger partial charge >= 0.3 is 10.1 Å². The van der Waals surface area contributed by atoms with E-state index in [4.69, 9.17) is 4.18 Å². The summed E-state index contributed by atoms with van der Waals surface area (Å²) in [7, 11) is -4.04. The zero-order valence-electron chi connectivity index (χ0n) is 17.7. The Morgan fingerprint density at radius 1 is 1.03 bits per heavy atom. The van der Waals surface area contributed by atoms with Gasteiger partial charge in [-0.1, -0.05) is 59.8 Å². The van der Waals surface area contributed by atoms with Crippen molar-refractivity contribution in [2.45, 2.75) is 30.4 Å². The zero-order chi connectivity index (χ0) is 22.9. The van der Waals surface area contributed by atoms with Crippen molar-refractivity contribution >= 4 is 49.9 Å². The second-order valence-corrected chi connectivity index (χ2v) is 10.9. The van der Waals surface area contributed by atoms with Crippen LogP contribution in [-0.4, -0.2) is 30.5 Å². The standard InChI is InChI=1S/C23H21N3O4S2/c1-15-8-11-17(12-9-15)32(28,29)30-20-13-10-16-6-4-5-7-18(16)19(20)14-24-26-22-25-21(27)23(2,3)31-22/h4-14H,1-3H3,(H,25,26,27)/b24-14-. The van der Waals surface area contributed by atoms with E-state index < -0.39 is 14.9 Å². The monoisotopic (exact) mass is 467 g/mol. The molecule has 0 saturated carbocycles. The maximum Gasteiger partial charge on any atom is 0.339 e. The van der Waals surface area contributed by atoms with Crippen molar-refractivity contribution in [3.05, 3.63) is 71.8 Å². The second-order valence-electron chi connectivity index (χ2n) is 7.77. The molecule has 3 aromatic rings. The summed E-state index contributed by atoms with van der Waals surface area (Å²) in [5, 5.41) is 12.9. The van der Waals surface area contributed by atoms with Gasteiger partial charge in [-0.3, -0.25) is 4.79 Å². The quantitative estimate of drug-likeness (QED) is 0.344. The Hall–Kier alpha value is -3.17. The molecule has 0 bridgehead atoms. The van der Waals surface area contributed by atoms with E-state index >= 15 is 0 Å². The summed E-state index contributed by atoms with van der Waals surface area (Å²) in [6, 6.07) is 17.3. The van der Waals surface area contributed by atoms with Gasteiger partial charge in [0.2, 0.25) is 5.91 Å². The van der Waals surface area contributed by atoms with Gasteiger partial charge in [0.25, 0.3) is 0 Å². The molecular formula is C23H21N3O4S2. The number of hydrogen-bond acceptors (Lipinski definition) is 7. The lowest BCUT2D eigenvalue weighted by Crippen LogP contribution is -2.30. The second kappa shape index (κ2) is 8.40. The van der Waals surface area contributed by atoms with Gasteiger partial charge < -0.3 is 9.50 Å². The smallest absolute Gasteiger partial charge is 0.339 e. The first-order chi connectivity index (χ1) is 15.2. The number of thioether (sulfide) groups is 1. The summed E-state index contributed by atoms with van der Waals surface area (Å²) >= 11 is 1.28. The fourth-order valence-electron chi connectivity index (χ4n) is 3.10. The van der Waals surface area contributed by atoms with E-state index in [1.165, 1.54) is 30.1 Å². The Morgan fingerprint density at radius 3 is 2.44 bits per heavy atom. The van der Waals surface area contributed by atoms with Crippen LogP contribution in [0.25, 0.3) is 10.8 Å². The lowest BCUT2D eigenvalue weighted by Gasteiger charge is -2.12. The Bertz CT molecular complexity index is 1360. The maximum atomic E-state index is 12.8. The van der Waals surface area contributed by atoms with Gasteiger partial charge in [-0.2, -0.15) is 13.5 Å². The van der Waals surface area contributed by atoms with Crippen LogP contribution in [0, 0.1) is 6.92 Å². The van der Waals surface area contributed by atoms with Crippen molar-refractivity contribution in [3.63, 3.8) is 0 Å². The summed E-state index contributed by atoms with van der Waals surface area (Å²) in [4.78, 5) is 12.0. The summed E-state index contributed by atoms with van der Waals surface area (Å²) in [6.45, 7) is 5.47. The number of aryl methyl sites for hydroxylation is 1. The topological polar surface area (TPSA) is 97.2 Å². The first-order valence-electron chi connectivity index (χ1n) is 9.80. The van der Waals surface area contributed by atoms with Crippen LogP contribution in [0.3, 0.4) is 0 Å². The van der Waals surface area contributed by atoms with E-state index in [0.717, 1.165) is 16.3 Å². The van der Waals surface area contributed by atoms with E-state index in [-0.39, 0.29) is 16.6 Å². The molecule has 1 aliphatic heterocycles. The van der Waals surface area contributed by atoms with Crippen molar-refractivity contribution in [2.24, 2.45) is 10.2 Å². The molecule has 0 aliphatic carbocycles. The number of fused-ring (bicyclic) bond motifs is 1. The molecule has 1 amide bonds. The molecule has 1 aliphatic rings. The number of hydrogen-bond donors (Lipinski definition) is 1. The molecule has 1 N–H and O–H groups in total. The molecule has 164 valence electrons. The number of rotatable bonds is 5. The highest BCUT2D eigenvalue weighted by atomic mass is 32.2. The first-order valence-corrected chi connectivity index (χ1v) is 12.0. The normalized spacial score (nSPS) is 17.2. The SMILES string of the molecule is Cc1ccc(S(=O)(=O)Oc2ccc3ccccc3c2/C=N\N=C2/NC(=O)C(C)(C)S2)cc1. The van der Waals surface area contributed by atoms with Crippen molar-refractivity contribution in [2.75, 3.05) is 0 Å². The Balaban J connectivity index is 1.72. The van der Waals surface area contributed by atoms with Crippen molar-refractivity contribution < 1.29 is 17.4 Å². The van der Waals surface area contributed by atoms with Gasteiger partial charge in [-0.25, -0.2) is 0 Å². The number of carbonyl (C=O) groups excluding carboxylic acids is 1. The molecule has 0 aromatic heterocycles. The molecule has 1 fully saturated rings. The van der Waals surface area contributed by atoms with Crippen LogP contribution in [0.1, 0.15) is 25.0 Å². The number of amidine groups is 1. The van der Waals surface area contributed by atoms with Crippen LogP contribution >= 0.6 is 11.8 Å². The Kier molecular flexibility index (Phi) is 5.79. The van der Waals surface area contributed by atoms with Crippen molar-refractivity contribution in [1.29, 1.82) is 0 Å². The third kappa shape index (κ3) is 4.53. The number of benzene rings is 3. The predicted octanol–water partition coefficient (Wildman–Crippen LogP) is 4.25. The number of amides is 1. The van der Waals surface area contributed by atoms with Gasteiger partial charge in [-0.15, -0.1) is 5.10 Å². The number of nitrogens with zero attached hydrogens (tertiary/aromatic N) is 2. The van der Waals surface area contributed by atoms with E-state index in [9.17, 15) is 13.2 Å². The molecule has 7 nitrogen and oxygen atoms in total. The van der Waals surface area contributed by atoms with E-state index in [1.807, 2.05) is 31.2 Å². The van der Waals surface area contributed by atoms with Gasteiger partial charge in [0.1, 0.15) is 4.90 Å². The van der Waals surface area contributed by atoms with E-state index in [2.05, 4.69) is 15.5 Å². The predicted molar refractivity (Wildman–Crippen MR) is 128 cm³/mol. The zero-order valence-corrected chi connectivity index (χ0v) is 19.3.